The van der Waals surface area contributed by atoms with E-state index in [2.05, 4.69) is 32.8 Å². The predicted octanol–water partition coefficient (Wildman–Crippen LogP) is 1.99. The first-order chi connectivity index (χ1) is 9.49. The van der Waals surface area contributed by atoms with Crippen LogP contribution in [0.2, 0.25) is 0 Å². The van der Waals surface area contributed by atoms with Crippen molar-refractivity contribution in [3.8, 4) is 0 Å². The highest BCUT2D eigenvalue weighted by Gasteiger charge is 2.34. The Morgan fingerprint density at radius 3 is 2.45 bits per heavy atom. The standard InChI is InChI=1S/C16H30N2O2/c1-12-7-5-6-8-15(12)20-11-16(19)18-9-13(2)14(10-18)17(3)4/h12-15H,5-11H2,1-4H3/t12-,13+,14-,15+/m1/s1. The SMILES string of the molecule is C[C@@H]1CCCC[C@@H]1OCC(=O)N1C[C@@H](N(C)C)[C@@H](C)C1. The third-order valence-electron chi connectivity index (χ3n) is 5.04. The van der Waals surface area contributed by atoms with Crippen molar-refractivity contribution in [3.05, 3.63) is 0 Å². The van der Waals surface area contributed by atoms with Gasteiger partial charge in [0.15, 0.2) is 0 Å². The molecule has 2 aliphatic rings. The third kappa shape index (κ3) is 3.73. The Balaban J connectivity index is 1.78. The van der Waals surface area contributed by atoms with Crippen LogP contribution in [0.3, 0.4) is 0 Å². The molecule has 0 radical (unpaired) electrons. The van der Waals surface area contributed by atoms with Crippen LogP contribution in [0.1, 0.15) is 39.5 Å². The van der Waals surface area contributed by atoms with Gasteiger partial charge in [0.1, 0.15) is 6.61 Å². The fourth-order valence-electron chi connectivity index (χ4n) is 3.62. The van der Waals surface area contributed by atoms with Gasteiger partial charge in [0.2, 0.25) is 5.91 Å². The number of amides is 1. The van der Waals surface area contributed by atoms with E-state index in [-0.39, 0.29) is 18.6 Å². The number of rotatable bonds is 4. The van der Waals surface area contributed by atoms with Gasteiger partial charge in [-0.15, -0.1) is 0 Å². The molecule has 0 aromatic heterocycles. The minimum absolute atomic E-state index is 0.166. The summed E-state index contributed by atoms with van der Waals surface area (Å²) in [5.74, 6) is 1.31. The van der Waals surface area contributed by atoms with Crippen LogP contribution >= 0.6 is 0 Å². The summed E-state index contributed by atoms with van der Waals surface area (Å²) >= 11 is 0. The van der Waals surface area contributed by atoms with Gasteiger partial charge in [0.25, 0.3) is 0 Å². The Morgan fingerprint density at radius 1 is 1.15 bits per heavy atom. The molecule has 1 heterocycles. The van der Waals surface area contributed by atoms with Crippen molar-refractivity contribution < 1.29 is 9.53 Å². The van der Waals surface area contributed by atoms with E-state index < -0.39 is 0 Å². The Labute approximate surface area is 123 Å². The lowest BCUT2D eigenvalue weighted by Crippen LogP contribution is -2.38. The quantitative estimate of drug-likeness (QED) is 0.790. The maximum Gasteiger partial charge on any atom is 0.248 e. The minimum Gasteiger partial charge on any atom is -0.368 e. The molecule has 2 rings (SSSR count). The average molecular weight is 282 g/mol. The number of ether oxygens (including phenoxy) is 1. The molecule has 0 N–H and O–H groups in total. The molecule has 4 atom stereocenters. The van der Waals surface area contributed by atoms with E-state index in [9.17, 15) is 4.79 Å². The fraction of sp³-hybridized carbons (Fsp3) is 0.938. The third-order valence-corrected chi connectivity index (χ3v) is 5.04. The van der Waals surface area contributed by atoms with Crippen LogP contribution in [0.25, 0.3) is 0 Å². The molecular formula is C16H30N2O2. The van der Waals surface area contributed by atoms with Crippen LogP contribution in [0.4, 0.5) is 0 Å². The van der Waals surface area contributed by atoms with E-state index in [0.29, 0.717) is 17.9 Å². The number of hydrogen-bond acceptors (Lipinski definition) is 3. The summed E-state index contributed by atoms with van der Waals surface area (Å²) in [6.07, 6.45) is 5.20. The number of carbonyl (C=O) groups excluding carboxylic acids is 1. The van der Waals surface area contributed by atoms with E-state index in [4.69, 9.17) is 4.74 Å². The van der Waals surface area contributed by atoms with Crippen molar-refractivity contribution in [1.29, 1.82) is 0 Å². The van der Waals surface area contributed by atoms with E-state index in [0.717, 1.165) is 19.5 Å². The van der Waals surface area contributed by atoms with Crippen LogP contribution in [0.15, 0.2) is 0 Å². The van der Waals surface area contributed by atoms with Crippen molar-refractivity contribution >= 4 is 5.91 Å². The van der Waals surface area contributed by atoms with Gasteiger partial charge in [-0.2, -0.15) is 0 Å². The van der Waals surface area contributed by atoms with Gasteiger partial charge in [-0.1, -0.05) is 26.7 Å². The van der Waals surface area contributed by atoms with Crippen molar-refractivity contribution in [2.45, 2.75) is 51.7 Å². The molecule has 1 saturated heterocycles. The van der Waals surface area contributed by atoms with Crippen molar-refractivity contribution in [3.63, 3.8) is 0 Å². The largest absolute Gasteiger partial charge is 0.368 e. The monoisotopic (exact) mass is 282 g/mol. The lowest BCUT2D eigenvalue weighted by molar-refractivity contribution is -0.139. The molecule has 1 saturated carbocycles. The van der Waals surface area contributed by atoms with E-state index >= 15 is 0 Å². The number of hydrogen-bond donors (Lipinski definition) is 0. The lowest BCUT2D eigenvalue weighted by Gasteiger charge is -2.29. The van der Waals surface area contributed by atoms with Crippen LogP contribution in [0, 0.1) is 11.8 Å². The number of nitrogens with zero attached hydrogens (tertiary/aromatic N) is 2. The zero-order valence-corrected chi connectivity index (χ0v) is 13.5. The van der Waals surface area contributed by atoms with E-state index in [1.54, 1.807) is 0 Å². The first-order valence-corrected chi connectivity index (χ1v) is 8.05. The van der Waals surface area contributed by atoms with Crippen LogP contribution < -0.4 is 0 Å². The normalized spacial score (nSPS) is 34.8. The summed E-state index contributed by atoms with van der Waals surface area (Å²) in [5.41, 5.74) is 0. The minimum atomic E-state index is 0.166. The van der Waals surface area contributed by atoms with Gasteiger partial charge in [0.05, 0.1) is 6.10 Å². The highest BCUT2D eigenvalue weighted by molar-refractivity contribution is 5.77. The second kappa shape index (κ2) is 6.90. The molecule has 1 aliphatic carbocycles. The van der Waals surface area contributed by atoms with Crippen LogP contribution in [0.5, 0.6) is 0 Å². The van der Waals surface area contributed by atoms with E-state index in [1.165, 1.54) is 19.3 Å². The molecule has 0 unspecified atom stereocenters. The number of likely N-dealkylation sites (N-methyl/N-ethyl adjacent to an activating group) is 1. The number of carbonyl (C=O) groups is 1. The van der Waals surface area contributed by atoms with Gasteiger partial charge in [-0.25, -0.2) is 0 Å². The molecule has 1 amide bonds. The summed E-state index contributed by atoms with van der Waals surface area (Å²) in [4.78, 5) is 16.5. The Morgan fingerprint density at radius 2 is 1.85 bits per heavy atom. The first-order valence-electron chi connectivity index (χ1n) is 8.05. The zero-order chi connectivity index (χ0) is 14.7. The molecule has 0 aromatic rings. The van der Waals surface area contributed by atoms with Crippen molar-refractivity contribution in [1.82, 2.24) is 9.80 Å². The second-order valence-electron chi connectivity index (χ2n) is 6.92. The van der Waals surface area contributed by atoms with Crippen LogP contribution in [-0.2, 0) is 9.53 Å². The maximum atomic E-state index is 12.3. The Hall–Kier alpha value is -0.610. The topological polar surface area (TPSA) is 32.8 Å². The van der Waals surface area contributed by atoms with Gasteiger partial charge in [-0.3, -0.25) is 4.79 Å². The molecular weight excluding hydrogens is 252 g/mol. The van der Waals surface area contributed by atoms with Gasteiger partial charge in [-0.05, 0) is 38.8 Å². The Bertz CT molecular complexity index is 332. The molecule has 20 heavy (non-hydrogen) atoms. The van der Waals surface area contributed by atoms with Gasteiger partial charge < -0.3 is 14.5 Å². The van der Waals surface area contributed by atoms with Crippen LogP contribution in [-0.4, -0.2) is 61.6 Å². The van der Waals surface area contributed by atoms with Gasteiger partial charge >= 0.3 is 0 Å². The van der Waals surface area contributed by atoms with Crippen molar-refractivity contribution in [2.75, 3.05) is 33.8 Å². The lowest BCUT2D eigenvalue weighted by atomic mass is 9.88. The highest BCUT2D eigenvalue weighted by atomic mass is 16.5. The molecule has 0 aromatic carbocycles. The van der Waals surface area contributed by atoms with Crippen molar-refractivity contribution in [2.24, 2.45) is 11.8 Å². The molecule has 4 nitrogen and oxygen atoms in total. The molecule has 116 valence electrons. The molecule has 1 aliphatic heterocycles. The Kier molecular flexibility index (Phi) is 5.44. The molecule has 0 bridgehead atoms. The zero-order valence-electron chi connectivity index (χ0n) is 13.5. The summed E-state index contributed by atoms with van der Waals surface area (Å²) in [6, 6.07) is 0.479. The maximum absolute atomic E-state index is 12.3. The smallest absolute Gasteiger partial charge is 0.248 e. The predicted molar refractivity (Wildman–Crippen MR) is 80.6 cm³/mol. The molecule has 2 fully saturated rings. The fourth-order valence-corrected chi connectivity index (χ4v) is 3.62. The highest BCUT2D eigenvalue weighted by Crippen LogP contribution is 2.26. The average Bonchev–Trinajstić information content (AvgIpc) is 2.80. The molecule has 4 heteroatoms. The van der Waals surface area contributed by atoms with E-state index in [1.807, 2.05) is 4.90 Å². The summed E-state index contributed by atoms with van der Waals surface area (Å²) < 4.78 is 5.90. The first kappa shape index (κ1) is 15.8. The number of likely N-dealkylation sites (tertiary alicyclic amines) is 1. The summed E-state index contributed by atoms with van der Waals surface area (Å²) in [5, 5.41) is 0. The summed E-state index contributed by atoms with van der Waals surface area (Å²) in [7, 11) is 4.19. The molecule has 0 spiro atoms. The second-order valence-corrected chi connectivity index (χ2v) is 6.92. The van der Waals surface area contributed by atoms with Gasteiger partial charge in [0, 0.05) is 19.1 Å². The summed E-state index contributed by atoms with van der Waals surface area (Å²) in [6.45, 7) is 6.44.